The summed E-state index contributed by atoms with van der Waals surface area (Å²) in [5, 5.41) is 0. The second-order valence-electron chi connectivity index (χ2n) is 8.89. The van der Waals surface area contributed by atoms with Gasteiger partial charge in [-0.25, -0.2) is 4.79 Å². The SMILES string of the molecule is COc1ccc(C2C(C(=O)OC(C)C)=C(C)N=C3CC(C)(C)CC(=O)C32)cc1Br. The maximum atomic E-state index is 13.2. The van der Waals surface area contributed by atoms with E-state index in [1.165, 1.54) is 0 Å². The highest BCUT2D eigenvalue weighted by Gasteiger charge is 2.47. The quantitative estimate of drug-likeness (QED) is 0.575. The number of esters is 1. The molecule has 0 aromatic heterocycles. The van der Waals surface area contributed by atoms with Crippen molar-refractivity contribution in [1.82, 2.24) is 0 Å². The van der Waals surface area contributed by atoms with Crippen LogP contribution < -0.4 is 4.74 Å². The molecular formula is C23H28BrNO4. The van der Waals surface area contributed by atoms with E-state index in [0.717, 1.165) is 22.2 Å². The third kappa shape index (κ3) is 4.32. The Hall–Kier alpha value is -1.95. The lowest BCUT2D eigenvalue weighted by molar-refractivity contribution is -0.143. The van der Waals surface area contributed by atoms with Crippen LogP contribution in [0, 0.1) is 11.3 Å². The number of allylic oxidation sites excluding steroid dienone is 1. The van der Waals surface area contributed by atoms with E-state index in [0.29, 0.717) is 23.4 Å². The van der Waals surface area contributed by atoms with E-state index >= 15 is 0 Å². The minimum Gasteiger partial charge on any atom is -0.496 e. The minimum absolute atomic E-state index is 0.124. The summed E-state index contributed by atoms with van der Waals surface area (Å²) >= 11 is 3.54. The highest BCUT2D eigenvalue weighted by Crippen LogP contribution is 2.47. The summed E-state index contributed by atoms with van der Waals surface area (Å²) in [4.78, 5) is 31.0. The lowest BCUT2D eigenvalue weighted by Crippen LogP contribution is -2.44. The van der Waals surface area contributed by atoms with Crippen LogP contribution in [0.5, 0.6) is 5.75 Å². The highest BCUT2D eigenvalue weighted by atomic mass is 79.9. The summed E-state index contributed by atoms with van der Waals surface area (Å²) in [5.74, 6) is -0.447. The van der Waals surface area contributed by atoms with Crippen LogP contribution in [0.15, 0.2) is 38.9 Å². The predicted molar refractivity (Wildman–Crippen MR) is 116 cm³/mol. The van der Waals surface area contributed by atoms with Crippen molar-refractivity contribution in [2.24, 2.45) is 16.3 Å². The number of hydrogen-bond donors (Lipinski definition) is 0. The van der Waals surface area contributed by atoms with Crippen LogP contribution in [0.3, 0.4) is 0 Å². The number of benzene rings is 1. The van der Waals surface area contributed by atoms with Crippen molar-refractivity contribution < 1.29 is 19.1 Å². The molecule has 1 heterocycles. The third-order valence-corrected chi connectivity index (χ3v) is 6.08. The Bertz CT molecular complexity index is 913. The monoisotopic (exact) mass is 461 g/mol. The predicted octanol–water partition coefficient (Wildman–Crippen LogP) is 5.23. The molecule has 1 aromatic rings. The van der Waals surface area contributed by atoms with E-state index in [2.05, 4.69) is 29.8 Å². The zero-order valence-electron chi connectivity index (χ0n) is 17.8. The molecule has 0 radical (unpaired) electrons. The van der Waals surface area contributed by atoms with Crippen LogP contribution in [0.1, 0.15) is 58.9 Å². The first kappa shape index (κ1) is 21.8. The summed E-state index contributed by atoms with van der Waals surface area (Å²) in [6.07, 6.45) is 0.953. The zero-order valence-corrected chi connectivity index (χ0v) is 19.4. The largest absolute Gasteiger partial charge is 0.496 e. The number of ketones is 1. The standard InChI is InChI=1S/C23H28BrNO4/c1-12(2)29-22(27)19-13(3)25-16-10-23(4,5)11-17(26)21(16)20(19)14-7-8-18(28-6)15(24)9-14/h7-9,12,20-21H,10-11H2,1-6H3. The molecule has 156 valence electrons. The first-order chi connectivity index (χ1) is 13.5. The molecule has 29 heavy (non-hydrogen) atoms. The van der Waals surface area contributed by atoms with Crippen LogP contribution in [-0.2, 0) is 14.3 Å². The number of carbonyl (C=O) groups excluding carboxylic acids is 2. The number of hydrogen-bond acceptors (Lipinski definition) is 5. The fourth-order valence-corrected chi connectivity index (χ4v) is 4.93. The average Bonchev–Trinajstić information content (AvgIpc) is 2.58. The summed E-state index contributed by atoms with van der Waals surface area (Å²) in [6, 6.07) is 5.69. The lowest BCUT2D eigenvalue weighted by Gasteiger charge is -2.41. The Morgan fingerprint density at radius 2 is 1.93 bits per heavy atom. The maximum Gasteiger partial charge on any atom is 0.336 e. The van der Waals surface area contributed by atoms with E-state index in [1.807, 2.05) is 39.0 Å². The molecule has 1 aliphatic carbocycles. The molecule has 0 N–H and O–H groups in total. The maximum absolute atomic E-state index is 13.2. The molecule has 6 heteroatoms. The van der Waals surface area contributed by atoms with Crippen LogP contribution >= 0.6 is 15.9 Å². The van der Waals surface area contributed by atoms with E-state index < -0.39 is 17.8 Å². The van der Waals surface area contributed by atoms with Crippen molar-refractivity contribution in [2.75, 3.05) is 7.11 Å². The summed E-state index contributed by atoms with van der Waals surface area (Å²) in [6.45, 7) is 9.64. The van der Waals surface area contributed by atoms with Gasteiger partial charge in [-0.3, -0.25) is 9.79 Å². The highest BCUT2D eigenvalue weighted by molar-refractivity contribution is 9.10. The van der Waals surface area contributed by atoms with E-state index in [9.17, 15) is 9.59 Å². The van der Waals surface area contributed by atoms with Crippen LogP contribution in [-0.4, -0.2) is 30.7 Å². The van der Waals surface area contributed by atoms with Gasteiger partial charge >= 0.3 is 5.97 Å². The second-order valence-corrected chi connectivity index (χ2v) is 9.74. The van der Waals surface area contributed by atoms with Gasteiger partial charge < -0.3 is 9.47 Å². The first-order valence-electron chi connectivity index (χ1n) is 9.89. The molecule has 1 saturated carbocycles. The number of methoxy groups -OCH3 is 1. The molecule has 0 bridgehead atoms. The Morgan fingerprint density at radius 3 is 2.52 bits per heavy atom. The van der Waals surface area contributed by atoms with Gasteiger partial charge in [-0.2, -0.15) is 0 Å². The molecule has 1 fully saturated rings. The van der Waals surface area contributed by atoms with Gasteiger partial charge in [0.25, 0.3) is 0 Å². The van der Waals surface area contributed by atoms with Crippen molar-refractivity contribution in [3.63, 3.8) is 0 Å². The molecule has 2 aliphatic rings. The number of ether oxygens (including phenoxy) is 2. The normalized spacial score (nSPS) is 23.6. The molecule has 1 aromatic carbocycles. The number of carbonyl (C=O) groups is 2. The minimum atomic E-state index is -0.443. The molecule has 2 atom stereocenters. The van der Waals surface area contributed by atoms with Crippen LogP contribution in [0.25, 0.3) is 0 Å². The lowest BCUT2D eigenvalue weighted by atomic mass is 9.63. The second kappa shape index (κ2) is 8.05. The van der Waals surface area contributed by atoms with Crippen molar-refractivity contribution in [3.05, 3.63) is 39.5 Å². The number of Topliss-reactive ketones (excluding diaryl/α,β-unsaturated/α-hetero) is 1. The number of fused-ring (bicyclic) bond motifs is 1. The summed E-state index contributed by atoms with van der Waals surface area (Å²) in [7, 11) is 1.60. The van der Waals surface area contributed by atoms with Gasteiger partial charge in [0.05, 0.1) is 29.2 Å². The van der Waals surface area contributed by atoms with Crippen molar-refractivity contribution >= 4 is 33.4 Å². The van der Waals surface area contributed by atoms with Crippen molar-refractivity contribution in [1.29, 1.82) is 0 Å². The Kier molecular flexibility index (Phi) is 6.04. The first-order valence-corrected chi connectivity index (χ1v) is 10.7. The summed E-state index contributed by atoms with van der Waals surface area (Å²) < 4.78 is 11.7. The number of halogens is 1. The fourth-order valence-electron chi connectivity index (χ4n) is 4.37. The van der Waals surface area contributed by atoms with Crippen molar-refractivity contribution in [3.8, 4) is 5.75 Å². The van der Waals surface area contributed by atoms with Gasteiger partial charge in [-0.1, -0.05) is 19.9 Å². The summed E-state index contributed by atoms with van der Waals surface area (Å²) in [5.41, 5.74) is 2.70. The average molecular weight is 462 g/mol. The molecule has 0 saturated heterocycles. The Labute approximate surface area is 180 Å². The molecule has 0 spiro atoms. The van der Waals surface area contributed by atoms with Gasteiger partial charge in [0.1, 0.15) is 11.5 Å². The van der Waals surface area contributed by atoms with E-state index in [-0.39, 0.29) is 17.3 Å². The Balaban J connectivity index is 2.17. The topological polar surface area (TPSA) is 65.0 Å². The molecule has 2 unspecified atom stereocenters. The van der Waals surface area contributed by atoms with E-state index in [4.69, 9.17) is 14.5 Å². The van der Waals surface area contributed by atoms with Crippen LogP contribution in [0.2, 0.25) is 0 Å². The van der Waals surface area contributed by atoms with Gasteiger partial charge in [-0.05, 0) is 66.2 Å². The number of rotatable bonds is 4. The van der Waals surface area contributed by atoms with Gasteiger partial charge in [0.15, 0.2) is 0 Å². The fraction of sp³-hybridized carbons (Fsp3) is 0.522. The van der Waals surface area contributed by atoms with Crippen LogP contribution in [0.4, 0.5) is 0 Å². The molecule has 1 aliphatic heterocycles. The molecule has 5 nitrogen and oxygen atoms in total. The van der Waals surface area contributed by atoms with Crippen molar-refractivity contribution in [2.45, 2.75) is 59.5 Å². The third-order valence-electron chi connectivity index (χ3n) is 5.46. The molecule has 0 amide bonds. The van der Waals surface area contributed by atoms with E-state index in [1.54, 1.807) is 7.11 Å². The molecular weight excluding hydrogens is 434 g/mol. The zero-order chi connectivity index (χ0) is 21.5. The molecule has 3 rings (SSSR count). The number of aliphatic imine (C=N–C) groups is 1. The number of nitrogens with zero attached hydrogens (tertiary/aromatic N) is 1. The smallest absolute Gasteiger partial charge is 0.336 e. The van der Waals surface area contributed by atoms with Gasteiger partial charge in [0.2, 0.25) is 0 Å². The van der Waals surface area contributed by atoms with Gasteiger partial charge in [0, 0.05) is 23.7 Å². The Morgan fingerprint density at radius 1 is 1.24 bits per heavy atom. The van der Waals surface area contributed by atoms with Gasteiger partial charge in [-0.15, -0.1) is 0 Å².